The molecule has 2 aromatic rings. The zero-order chi connectivity index (χ0) is 19.7. The van der Waals surface area contributed by atoms with Gasteiger partial charge in [-0.25, -0.2) is 5.43 Å². The van der Waals surface area contributed by atoms with Crippen molar-refractivity contribution in [2.24, 2.45) is 0 Å². The third kappa shape index (κ3) is 3.47. The van der Waals surface area contributed by atoms with Crippen LogP contribution in [-0.2, 0) is 11.3 Å². The largest absolute Gasteiger partial charge is 0.496 e. The van der Waals surface area contributed by atoms with Crippen LogP contribution in [0.25, 0.3) is 0 Å². The van der Waals surface area contributed by atoms with Crippen molar-refractivity contribution in [2.45, 2.75) is 25.9 Å². The van der Waals surface area contributed by atoms with Gasteiger partial charge in [0.15, 0.2) is 0 Å². The van der Waals surface area contributed by atoms with Gasteiger partial charge in [0.1, 0.15) is 18.2 Å². The summed E-state index contributed by atoms with van der Waals surface area (Å²) < 4.78 is 5.44. The number of anilines is 1. The summed E-state index contributed by atoms with van der Waals surface area (Å²) in [6.45, 7) is 2.68. The van der Waals surface area contributed by atoms with Crippen molar-refractivity contribution in [3.8, 4) is 5.75 Å². The number of methoxy groups -OCH3 is 1. The number of hydrogen-bond acceptors (Lipinski definition) is 6. The van der Waals surface area contributed by atoms with E-state index in [9.17, 15) is 4.79 Å². The predicted molar refractivity (Wildman–Crippen MR) is 108 cm³/mol. The van der Waals surface area contributed by atoms with Crippen LogP contribution in [-0.4, -0.2) is 37.4 Å². The molecular weight excluding hydrogens is 354 g/mol. The second-order valence-electron chi connectivity index (χ2n) is 7.07. The Hall–Kier alpha value is -2.87. The van der Waals surface area contributed by atoms with Crippen LogP contribution in [0, 0.1) is 6.92 Å². The maximum Gasteiger partial charge on any atom is 0.254 e. The van der Waals surface area contributed by atoms with Gasteiger partial charge in [0.2, 0.25) is 0 Å². The number of fused-ring (bicyclic) bond motifs is 1. The first-order valence-corrected chi connectivity index (χ1v) is 9.28. The first-order valence-electron chi connectivity index (χ1n) is 9.28. The smallest absolute Gasteiger partial charge is 0.254 e. The molecule has 2 heterocycles. The molecule has 1 amide bonds. The van der Waals surface area contributed by atoms with E-state index in [-0.39, 0.29) is 18.4 Å². The number of para-hydroxylation sites is 2. The molecule has 2 aliphatic heterocycles. The molecule has 0 bridgehead atoms. The summed E-state index contributed by atoms with van der Waals surface area (Å²) in [7, 11) is 3.63. The second-order valence-corrected chi connectivity index (χ2v) is 7.07. The Morgan fingerprint density at radius 1 is 1.14 bits per heavy atom. The van der Waals surface area contributed by atoms with Crippen LogP contribution >= 0.6 is 0 Å². The summed E-state index contributed by atoms with van der Waals surface area (Å²) in [6.07, 6.45) is 1.30. The van der Waals surface area contributed by atoms with E-state index in [1.807, 2.05) is 65.6 Å². The van der Waals surface area contributed by atoms with E-state index in [1.54, 1.807) is 7.11 Å². The number of rotatable bonds is 5. The lowest BCUT2D eigenvalue weighted by Gasteiger charge is -2.36. The van der Waals surface area contributed by atoms with Crippen molar-refractivity contribution < 1.29 is 9.53 Å². The summed E-state index contributed by atoms with van der Waals surface area (Å²) in [6, 6.07) is 16.0. The third-order valence-corrected chi connectivity index (χ3v) is 5.13. The number of amides is 1. The molecule has 2 unspecified atom stereocenters. The van der Waals surface area contributed by atoms with Gasteiger partial charge in [0.05, 0.1) is 18.4 Å². The number of carbonyl (C=O) groups excluding carboxylic acids is 1. The van der Waals surface area contributed by atoms with E-state index in [0.29, 0.717) is 12.1 Å². The fourth-order valence-electron chi connectivity index (χ4n) is 3.59. The highest BCUT2D eigenvalue weighted by molar-refractivity contribution is 5.96. The lowest BCUT2D eigenvalue weighted by atomic mass is 10.1. The van der Waals surface area contributed by atoms with Crippen LogP contribution in [0.4, 0.5) is 5.69 Å². The molecule has 3 N–H and O–H groups in total. The molecule has 0 spiro atoms. The quantitative estimate of drug-likeness (QED) is 0.734. The van der Waals surface area contributed by atoms with E-state index in [2.05, 4.69) is 29.0 Å². The van der Waals surface area contributed by atoms with E-state index >= 15 is 0 Å². The van der Waals surface area contributed by atoms with Crippen LogP contribution in [0.1, 0.15) is 11.1 Å². The molecule has 7 heteroatoms. The third-order valence-electron chi connectivity index (χ3n) is 5.13. The van der Waals surface area contributed by atoms with Crippen molar-refractivity contribution in [1.82, 2.24) is 21.0 Å². The lowest BCUT2D eigenvalue weighted by Crippen LogP contribution is -2.66. The zero-order valence-electron chi connectivity index (χ0n) is 16.3. The molecule has 4 rings (SSSR count). The van der Waals surface area contributed by atoms with Gasteiger partial charge in [-0.05, 0) is 31.7 Å². The zero-order valence-corrected chi connectivity index (χ0v) is 16.3. The Morgan fingerprint density at radius 2 is 1.89 bits per heavy atom. The van der Waals surface area contributed by atoms with E-state index < -0.39 is 0 Å². The molecular formula is C21H25N5O2. The van der Waals surface area contributed by atoms with E-state index in [0.717, 1.165) is 22.6 Å². The molecule has 7 nitrogen and oxygen atoms in total. The Kier molecular flexibility index (Phi) is 5.04. The van der Waals surface area contributed by atoms with Crippen LogP contribution < -0.4 is 25.8 Å². The van der Waals surface area contributed by atoms with Crippen molar-refractivity contribution in [3.05, 3.63) is 71.4 Å². The van der Waals surface area contributed by atoms with Gasteiger partial charge in [-0.2, -0.15) is 0 Å². The average molecular weight is 379 g/mol. The minimum Gasteiger partial charge on any atom is -0.496 e. The molecule has 28 heavy (non-hydrogen) atoms. The van der Waals surface area contributed by atoms with Gasteiger partial charge >= 0.3 is 0 Å². The minimum absolute atomic E-state index is 0.0794. The van der Waals surface area contributed by atoms with E-state index in [1.165, 1.54) is 0 Å². The van der Waals surface area contributed by atoms with Gasteiger partial charge in [-0.15, -0.1) is 0 Å². The molecule has 0 radical (unpaired) electrons. The predicted octanol–water partition coefficient (Wildman–Crippen LogP) is 1.67. The maximum absolute atomic E-state index is 12.7. The van der Waals surface area contributed by atoms with Gasteiger partial charge in [-0.3, -0.25) is 20.0 Å². The van der Waals surface area contributed by atoms with Crippen molar-refractivity contribution in [3.63, 3.8) is 0 Å². The molecule has 0 saturated carbocycles. The first-order chi connectivity index (χ1) is 13.6. The molecule has 1 fully saturated rings. The highest BCUT2D eigenvalue weighted by Gasteiger charge is 2.37. The minimum atomic E-state index is -0.302. The summed E-state index contributed by atoms with van der Waals surface area (Å²) in [5.74, 6) is 0.756. The topological polar surface area (TPSA) is 68.9 Å². The number of hydrazine groups is 1. The van der Waals surface area contributed by atoms with Crippen LogP contribution in [0.15, 0.2) is 60.3 Å². The number of hydrogen-bond donors (Lipinski definition) is 3. The summed E-state index contributed by atoms with van der Waals surface area (Å²) >= 11 is 0. The van der Waals surface area contributed by atoms with E-state index in [4.69, 9.17) is 4.74 Å². The normalized spacial score (nSPS) is 21.4. The van der Waals surface area contributed by atoms with Crippen molar-refractivity contribution >= 4 is 11.6 Å². The Balaban J connectivity index is 1.47. The van der Waals surface area contributed by atoms with Crippen molar-refractivity contribution in [2.75, 3.05) is 19.2 Å². The average Bonchev–Trinajstić information content (AvgIpc) is 3.13. The molecule has 0 aromatic heterocycles. The molecule has 146 valence electrons. The molecule has 2 atom stereocenters. The van der Waals surface area contributed by atoms with Gasteiger partial charge in [-0.1, -0.05) is 36.4 Å². The summed E-state index contributed by atoms with van der Waals surface area (Å²) in [4.78, 5) is 14.7. The summed E-state index contributed by atoms with van der Waals surface area (Å²) in [5.41, 5.74) is 7.26. The highest BCUT2D eigenvalue weighted by atomic mass is 16.5. The summed E-state index contributed by atoms with van der Waals surface area (Å²) in [5, 5.41) is 8.39. The SMILES string of the molecule is COc1ccccc1CN(C)C1NC(=O)C2=CN(c3ccccc3C)NC2N1. The first kappa shape index (κ1) is 18.5. The standard InChI is InChI=1S/C21H25N5O2/c1-14-8-4-6-10-17(14)26-13-16-19(24-26)22-21(23-20(16)27)25(2)12-15-9-5-7-11-18(15)28-3/h4-11,13,19,21-22,24H,12H2,1-3H3,(H,23,27). The van der Waals surface area contributed by atoms with Crippen LogP contribution in [0.5, 0.6) is 5.75 Å². The maximum atomic E-state index is 12.7. The van der Waals surface area contributed by atoms with Crippen LogP contribution in [0.3, 0.4) is 0 Å². The molecule has 2 aromatic carbocycles. The monoisotopic (exact) mass is 379 g/mol. The van der Waals surface area contributed by atoms with Gasteiger partial charge < -0.3 is 10.1 Å². The van der Waals surface area contributed by atoms with Crippen molar-refractivity contribution in [1.29, 1.82) is 0 Å². The molecule has 0 aliphatic carbocycles. The van der Waals surface area contributed by atoms with Gasteiger partial charge in [0.25, 0.3) is 5.91 Å². The fraction of sp³-hybridized carbons (Fsp3) is 0.286. The Labute approximate surface area is 164 Å². The number of carbonyl (C=O) groups is 1. The number of nitrogens with zero attached hydrogens (tertiary/aromatic N) is 2. The number of nitrogens with one attached hydrogen (secondary N) is 3. The lowest BCUT2D eigenvalue weighted by molar-refractivity contribution is -0.122. The number of aryl methyl sites for hydroxylation is 1. The number of ether oxygens (including phenoxy) is 1. The number of benzene rings is 2. The molecule has 2 aliphatic rings. The second kappa shape index (κ2) is 7.63. The molecule has 1 saturated heterocycles. The Morgan fingerprint density at radius 3 is 2.68 bits per heavy atom. The Bertz CT molecular complexity index is 913. The van der Waals surface area contributed by atoms with Crippen LogP contribution in [0.2, 0.25) is 0 Å². The fourth-order valence-corrected chi connectivity index (χ4v) is 3.59. The highest BCUT2D eigenvalue weighted by Crippen LogP contribution is 2.25. The van der Waals surface area contributed by atoms with Gasteiger partial charge in [0, 0.05) is 18.3 Å².